The zero-order chi connectivity index (χ0) is 33.8. The van der Waals surface area contributed by atoms with Crippen molar-refractivity contribution in [3.63, 3.8) is 0 Å². The molecule has 4 fully saturated rings. The molecule has 4 aliphatic carbocycles. The molecular weight excluding hydrogens is 581 g/mol. The molecule has 0 amide bonds. The van der Waals surface area contributed by atoms with Gasteiger partial charge >= 0.3 is 0 Å². The van der Waals surface area contributed by atoms with Crippen LogP contribution in [0.3, 0.4) is 0 Å². The molecular formula is C46H70Si. The van der Waals surface area contributed by atoms with Crippen molar-refractivity contribution >= 4 is 18.4 Å². The average Bonchev–Trinajstić information content (AvgIpc) is 3.63. The quantitative estimate of drug-likeness (QED) is 0.197. The van der Waals surface area contributed by atoms with Gasteiger partial charge in [0, 0.05) is 0 Å². The molecule has 0 radical (unpaired) electrons. The first-order chi connectivity index (χ1) is 22.1. The van der Waals surface area contributed by atoms with Crippen molar-refractivity contribution < 1.29 is 0 Å². The third-order valence-electron chi connectivity index (χ3n) is 15.3. The fourth-order valence-electron chi connectivity index (χ4n) is 12.5. The van der Waals surface area contributed by atoms with Crippen molar-refractivity contribution in [2.45, 2.75) is 132 Å². The molecule has 0 aromatic heterocycles. The lowest BCUT2D eigenvalue weighted by molar-refractivity contribution is 0.0122. The van der Waals surface area contributed by atoms with Crippen molar-refractivity contribution in [1.82, 2.24) is 0 Å². The Kier molecular flexibility index (Phi) is 9.94. The highest BCUT2D eigenvalue weighted by molar-refractivity contribution is 7.01. The van der Waals surface area contributed by atoms with E-state index in [-0.39, 0.29) is 0 Å². The molecule has 0 spiro atoms. The number of hydrogen-bond acceptors (Lipinski definition) is 0. The van der Waals surface area contributed by atoms with Crippen LogP contribution in [-0.2, 0) is 0 Å². The van der Waals surface area contributed by atoms with Gasteiger partial charge in [-0.2, -0.15) is 0 Å². The minimum absolute atomic E-state index is 0.443. The zero-order valence-corrected chi connectivity index (χ0v) is 33.0. The Balaban J connectivity index is 1.17. The third-order valence-corrected chi connectivity index (χ3v) is 19.7. The van der Waals surface area contributed by atoms with E-state index >= 15 is 0 Å². The average molecular weight is 651 g/mol. The second kappa shape index (κ2) is 13.3. The molecule has 2 aromatic carbocycles. The van der Waals surface area contributed by atoms with Crippen LogP contribution in [0.4, 0.5) is 0 Å². The van der Waals surface area contributed by atoms with Crippen LogP contribution in [0.25, 0.3) is 0 Å². The Morgan fingerprint density at radius 1 is 0.596 bits per heavy atom. The molecule has 6 rings (SSSR count). The van der Waals surface area contributed by atoms with Crippen LogP contribution < -0.4 is 10.4 Å². The maximum absolute atomic E-state index is 4.82. The molecule has 0 saturated heterocycles. The Bertz CT molecular complexity index is 1260. The smallest absolute Gasteiger partial charge is 0.100 e. The van der Waals surface area contributed by atoms with Crippen LogP contribution in [0.15, 0.2) is 72.8 Å². The van der Waals surface area contributed by atoms with Gasteiger partial charge in [-0.05, 0) is 140 Å². The molecule has 258 valence electrons. The first-order valence-electron chi connectivity index (χ1n) is 19.9. The number of fused-ring (bicyclic) bond motifs is 3. The monoisotopic (exact) mass is 651 g/mol. The topological polar surface area (TPSA) is 0 Å². The van der Waals surface area contributed by atoms with Crippen molar-refractivity contribution in [3.05, 3.63) is 72.8 Å². The third kappa shape index (κ3) is 7.05. The summed E-state index contributed by atoms with van der Waals surface area (Å²) in [5.74, 6) is 8.32. The number of allylic oxidation sites excluding steroid dienone is 1. The van der Waals surface area contributed by atoms with E-state index in [0.29, 0.717) is 16.2 Å². The second-order valence-corrected chi connectivity index (χ2v) is 24.5. The number of hydrogen-bond donors (Lipinski definition) is 0. The van der Waals surface area contributed by atoms with Gasteiger partial charge in [0.1, 0.15) is 8.07 Å². The highest BCUT2D eigenvalue weighted by atomic mass is 28.3. The van der Waals surface area contributed by atoms with Crippen LogP contribution in [0, 0.1) is 69.5 Å². The van der Waals surface area contributed by atoms with E-state index in [0.717, 1.165) is 53.3 Å². The second-order valence-electron chi connectivity index (χ2n) is 20.3. The van der Waals surface area contributed by atoms with Crippen molar-refractivity contribution in [2.75, 3.05) is 0 Å². The lowest BCUT2D eigenvalue weighted by atomic mass is 9.57. The highest BCUT2D eigenvalue weighted by Crippen LogP contribution is 2.67. The summed E-state index contributed by atoms with van der Waals surface area (Å²) in [7, 11) is -1.89. The number of benzene rings is 2. The molecule has 0 bridgehead atoms. The Labute approximate surface area is 292 Å². The minimum atomic E-state index is -1.89. The summed E-state index contributed by atoms with van der Waals surface area (Å²) in [4.78, 5) is 0. The summed E-state index contributed by atoms with van der Waals surface area (Å²) in [5.41, 5.74) is 2.86. The maximum Gasteiger partial charge on any atom is 0.119 e. The normalized spacial score (nSPS) is 33.3. The summed E-state index contributed by atoms with van der Waals surface area (Å²) in [6.07, 6.45) is 14.5. The molecule has 0 N–H and O–H groups in total. The van der Waals surface area contributed by atoms with Gasteiger partial charge < -0.3 is 0 Å². The SMILES string of the molecule is C=C(CC1CCC(C(C)(C)C2C3CCC(C(C)(C)C)CC3C3CC(C(C)(C)C)CCC32)C1)C[Si](C)(c1ccccc1)c1ccccc1. The first kappa shape index (κ1) is 35.2. The van der Waals surface area contributed by atoms with Gasteiger partial charge in [-0.1, -0.05) is 139 Å². The number of rotatable bonds is 8. The van der Waals surface area contributed by atoms with E-state index in [1.165, 1.54) is 75.8 Å². The van der Waals surface area contributed by atoms with Crippen LogP contribution >= 0.6 is 0 Å². The lowest BCUT2D eigenvalue weighted by Gasteiger charge is -2.48. The lowest BCUT2D eigenvalue weighted by Crippen LogP contribution is -2.55. The van der Waals surface area contributed by atoms with E-state index in [4.69, 9.17) is 6.58 Å². The molecule has 47 heavy (non-hydrogen) atoms. The maximum atomic E-state index is 4.82. The van der Waals surface area contributed by atoms with E-state index in [1.54, 1.807) is 10.4 Å². The zero-order valence-electron chi connectivity index (χ0n) is 32.0. The Morgan fingerprint density at radius 2 is 1.04 bits per heavy atom. The van der Waals surface area contributed by atoms with Gasteiger partial charge in [-0.15, -0.1) is 6.58 Å². The largest absolute Gasteiger partial charge is 0.119 e. The van der Waals surface area contributed by atoms with Crippen molar-refractivity contribution in [3.8, 4) is 0 Å². The molecule has 1 heteroatoms. The summed E-state index contributed by atoms with van der Waals surface area (Å²) in [6.45, 7) is 28.1. The van der Waals surface area contributed by atoms with Crippen LogP contribution in [-0.4, -0.2) is 8.07 Å². The van der Waals surface area contributed by atoms with Gasteiger partial charge in [-0.3, -0.25) is 0 Å². The predicted octanol–water partition coefficient (Wildman–Crippen LogP) is 12.1. The van der Waals surface area contributed by atoms with Gasteiger partial charge in [0.25, 0.3) is 0 Å². The van der Waals surface area contributed by atoms with Gasteiger partial charge in [0.15, 0.2) is 0 Å². The fourth-order valence-corrected chi connectivity index (χ4v) is 16.2. The molecule has 0 heterocycles. The van der Waals surface area contributed by atoms with E-state index in [2.05, 4.69) is 123 Å². The molecule has 4 aliphatic rings. The summed E-state index contributed by atoms with van der Waals surface area (Å²) >= 11 is 0. The fraction of sp³-hybridized carbons (Fsp3) is 0.696. The van der Waals surface area contributed by atoms with Crippen molar-refractivity contribution in [1.29, 1.82) is 0 Å². The van der Waals surface area contributed by atoms with Gasteiger partial charge in [0.2, 0.25) is 0 Å². The Hall–Kier alpha value is -1.60. The molecule has 2 aromatic rings. The van der Waals surface area contributed by atoms with E-state index < -0.39 is 8.07 Å². The molecule has 8 atom stereocenters. The molecule has 0 nitrogen and oxygen atoms in total. The summed E-state index contributed by atoms with van der Waals surface area (Å²) in [6, 6.07) is 24.0. The first-order valence-corrected chi connectivity index (χ1v) is 22.6. The van der Waals surface area contributed by atoms with Crippen LogP contribution in [0.2, 0.25) is 12.6 Å². The Morgan fingerprint density at radius 3 is 1.49 bits per heavy atom. The molecule has 0 aliphatic heterocycles. The van der Waals surface area contributed by atoms with E-state index in [9.17, 15) is 0 Å². The van der Waals surface area contributed by atoms with Crippen molar-refractivity contribution in [2.24, 2.45) is 69.5 Å². The standard InChI is InChI=1S/C46H70Si/c1-32(31-47(10,37-17-13-11-14-18-37)38-19-15-12-16-20-38)27-33-21-22-36(28-33)46(8,9)43-39-25-23-34(44(2,3)4)29-41(39)42-30-35(45(5,6)7)24-26-40(42)43/h11-20,33-36,39-43H,1,21-31H2,2-10H3. The highest BCUT2D eigenvalue weighted by Gasteiger charge is 2.60. The predicted molar refractivity (Wildman–Crippen MR) is 208 cm³/mol. The van der Waals surface area contributed by atoms with E-state index in [1.807, 2.05) is 0 Å². The minimum Gasteiger partial charge on any atom is -0.100 e. The molecule has 4 saturated carbocycles. The van der Waals surface area contributed by atoms with Crippen LogP contribution in [0.1, 0.15) is 120 Å². The van der Waals surface area contributed by atoms with Gasteiger partial charge in [0.05, 0.1) is 0 Å². The molecule has 8 unspecified atom stereocenters. The van der Waals surface area contributed by atoms with Crippen LogP contribution in [0.5, 0.6) is 0 Å². The summed E-state index contributed by atoms with van der Waals surface area (Å²) < 4.78 is 0. The summed E-state index contributed by atoms with van der Waals surface area (Å²) in [5, 5.41) is 3.09. The van der Waals surface area contributed by atoms with Gasteiger partial charge in [-0.25, -0.2) is 0 Å².